The second-order valence-corrected chi connectivity index (χ2v) is 11.0. The lowest BCUT2D eigenvalue weighted by atomic mass is 9.86. The molecule has 8 heteroatoms. The van der Waals surface area contributed by atoms with Gasteiger partial charge in [-0.25, -0.2) is 13.2 Å². The smallest absolute Gasteiger partial charge is 0.408 e. The van der Waals surface area contributed by atoms with Crippen molar-refractivity contribution in [3.63, 3.8) is 0 Å². The van der Waals surface area contributed by atoms with Gasteiger partial charge in [0.2, 0.25) is 10.0 Å². The molecule has 1 amide bonds. The summed E-state index contributed by atoms with van der Waals surface area (Å²) in [6, 6.07) is 15.0. The van der Waals surface area contributed by atoms with Crippen LogP contribution in [0.15, 0.2) is 59.5 Å². The maximum atomic E-state index is 13.2. The van der Waals surface area contributed by atoms with Crippen LogP contribution < -0.4 is 0 Å². The van der Waals surface area contributed by atoms with Gasteiger partial charge < -0.3 is 10.2 Å². The highest BCUT2D eigenvalue weighted by Crippen LogP contribution is 2.40. The van der Waals surface area contributed by atoms with E-state index in [0.29, 0.717) is 0 Å². The van der Waals surface area contributed by atoms with Gasteiger partial charge in [0.1, 0.15) is 0 Å². The highest BCUT2D eigenvalue weighted by Gasteiger charge is 2.47. The summed E-state index contributed by atoms with van der Waals surface area (Å²) >= 11 is 0. The average Bonchev–Trinajstić information content (AvgIpc) is 3.08. The molecule has 0 spiro atoms. The number of carboxylic acid groups (broad SMARTS) is 1. The summed E-state index contributed by atoms with van der Waals surface area (Å²) < 4.78 is 27.6. The van der Waals surface area contributed by atoms with Gasteiger partial charge in [-0.15, -0.1) is 0 Å². The first-order chi connectivity index (χ1) is 14.4. The lowest BCUT2D eigenvalue weighted by Gasteiger charge is -2.43. The minimum atomic E-state index is -3.81. The van der Waals surface area contributed by atoms with Gasteiger partial charge in [0, 0.05) is 24.5 Å². The van der Waals surface area contributed by atoms with E-state index in [4.69, 9.17) is 0 Å². The Morgan fingerprint density at radius 2 is 1.65 bits per heavy atom. The predicted octanol–water partition coefficient (Wildman–Crippen LogP) is 3.50. The highest BCUT2D eigenvalue weighted by atomic mass is 32.2. The number of rotatable bonds is 5. The minimum absolute atomic E-state index is 0.0246. The summed E-state index contributed by atoms with van der Waals surface area (Å²) in [6.07, 6.45) is -2.12. The van der Waals surface area contributed by atoms with Crippen molar-refractivity contribution in [1.82, 2.24) is 9.21 Å². The van der Waals surface area contributed by atoms with E-state index >= 15 is 0 Å². The van der Waals surface area contributed by atoms with Crippen LogP contribution in [0, 0.1) is 12.8 Å². The number of carbonyl (C=O) groups is 1. The normalized spacial score (nSPS) is 21.1. The Bertz CT molecular complexity index is 1020. The number of hydrogen-bond donors (Lipinski definition) is 2. The van der Waals surface area contributed by atoms with Crippen LogP contribution in [0.2, 0.25) is 0 Å². The van der Waals surface area contributed by atoms with E-state index in [1.807, 2.05) is 37.3 Å². The zero-order chi connectivity index (χ0) is 23.0. The lowest BCUT2D eigenvalue weighted by molar-refractivity contribution is 0.0214. The molecule has 1 saturated heterocycles. The monoisotopic (exact) mass is 446 g/mol. The van der Waals surface area contributed by atoms with Crippen molar-refractivity contribution in [3.8, 4) is 0 Å². The fraction of sp³-hybridized carbons (Fsp3) is 0.435. The van der Waals surface area contributed by atoms with Crippen LogP contribution in [0.1, 0.15) is 37.9 Å². The van der Waals surface area contributed by atoms with Gasteiger partial charge in [-0.05, 0) is 45.4 Å². The Morgan fingerprint density at radius 1 is 1.06 bits per heavy atom. The van der Waals surface area contributed by atoms with Gasteiger partial charge in [-0.2, -0.15) is 4.31 Å². The number of amides is 1. The van der Waals surface area contributed by atoms with Crippen molar-refractivity contribution >= 4 is 16.1 Å². The van der Waals surface area contributed by atoms with Crippen molar-refractivity contribution in [2.75, 3.05) is 13.1 Å². The molecular formula is C23H30N2O5S. The third-order valence-electron chi connectivity index (χ3n) is 5.71. The van der Waals surface area contributed by atoms with Crippen LogP contribution >= 0.6 is 0 Å². The molecule has 1 heterocycles. The zero-order valence-electron chi connectivity index (χ0n) is 18.3. The minimum Gasteiger partial charge on any atom is -0.465 e. The number of aliphatic hydroxyl groups is 1. The molecule has 0 aromatic heterocycles. The maximum absolute atomic E-state index is 13.2. The highest BCUT2D eigenvalue weighted by molar-refractivity contribution is 7.89. The molecule has 1 fully saturated rings. The van der Waals surface area contributed by atoms with Crippen LogP contribution in [-0.4, -0.2) is 58.7 Å². The molecule has 1 aliphatic heterocycles. The van der Waals surface area contributed by atoms with Gasteiger partial charge >= 0.3 is 6.09 Å². The fourth-order valence-corrected chi connectivity index (χ4v) is 5.70. The quantitative estimate of drug-likeness (QED) is 0.733. The van der Waals surface area contributed by atoms with Crippen LogP contribution in [0.3, 0.4) is 0 Å². The SMILES string of the molecule is Cc1ccc(S(=O)(=O)N2C[C@H]([C@H](c3ccccc3)N(C(=O)O)C(C)(C)C)[C@H](O)C2)cc1. The molecule has 2 aromatic carbocycles. The van der Waals surface area contributed by atoms with E-state index < -0.39 is 39.7 Å². The van der Waals surface area contributed by atoms with Gasteiger partial charge in [-0.3, -0.25) is 4.90 Å². The Balaban J connectivity index is 2.01. The van der Waals surface area contributed by atoms with E-state index in [9.17, 15) is 23.4 Å². The largest absolute Gasteiger partial charge is 0.465 e. The molecule has 31 heavy (non-hydrogen) atoms. The topological polar surface area (TPSA) is 98.2 Å². The molecule has 0 saturated carbocycles. The Labute approximate surface area is 184 Å². The lowest BCUT2D eigenvalue weighted by Crippen LogP contribution is -2.51. The summed E-state index contributed by atoms with van der Waals surface area (Å²) in [5.41, 5.74) is 0.915. The number of β-amino-alcohol motifs (C(OH)–C–C–N with tert-alkyl or cyclic N) is 1. The number of benzene rings is 2. The van der Waals surface area contributed by atoms with Gasteiger partial charge in [0.05, 0.1) is 17.0 Å². The molecule has 2 N–H and O–H groups in total. The first kappa shape index (κ1) is 23.2. The number of aryl methyl sites for hydroxylation is 1. The standard InChI is InChI=1S/C23H30N2O5S/c1-16-10-12-18(13-11-16)31(29,30)24-14-19(20(26)15-24)21(17-8-6-5-7-9-17)25(22(27)28)23(2,3)4/h5-13,19-21,26H,14-15H2,1-4H3,(H,27,28)/t19-,20+,21-/m0/s1. The summed E-state index contributed by atoms with van der Waals surface area (Å²) in [5.74, 6) is -0.613. The second-order valence-electron chi connectivity index (χ2n) is 9.05. The molecule has 3 rings (SSSR count). The molecule has 1 aliphatic rings. The summed E-state index contributed by atoms with van der Waals surface area (Å²) in [4.78, 5) is 13.7. The zero-order valence-corrected chi connectivity index (χ0v) is 19.1. The van der Waals surface area contributed by atoms with Crippen LogP contribution in [-0.2, 0) is 10.0 Å². The number of aliphatic hydroxyl groups excluding tert-OH is 1. The van der Waals surface area contributed by atoms with Crippen molar-refractivity contribution < 1.29 is 23.4 Å². The number of nitrogens with zero attached hydrogens (tertiary/aromatic N) is 2. The van der Waals surface area contributed by atoms with E-state index in [2.05, 4.69) is 0 Å². The third-order valence-corrected chi connectivity index (χ3v) is 7.56. The molecule has 0 radical (unpaired) electrons. The Hall–Kier alpha value is -2.42. The van der Waals surface area contributed by atoms with Gasteiger partial charge in [0.15, 0.2) is 0 Å². The third kappa shape index (κ3) is 4.76. The van der Waals surface area contributed by atoms with E-state index in [-0.39, 0.29) is 18.0 Å². The van der Waals surface area contributed by atoms with Crippen molar-refractivity contribution in [2.45, 2.75) is 50.3 Å². The summed E-state index contributed by atoms with van der Waals surface area (Å²) in [6.45, 7) is 7.19. The van der Waals surface area contributed by atoms with Crippen molar-refractivity contribution in [3.05, 3.63) is 65.7 Å². The molecule has 0 aliphatic carbocycles. The van der Waals surface area contributed by atoms with Crippen molar-refractivity contribution in [1.29, 1.82) is 0 Å². The predicted molar refractivity (Wildman–Crippen MR) is 118 cm³/mol. The average molecular weight is 447 g/mol. The molecule has 168 valence electrons. The molecular weight excluding hydrogens is 416 g/mol. The maximum Gasteiger partial charge on any atom is 0.408 e. The molecule has 7 nitrogen and oxygen atoms in total. The van der Waals surface area contributed by atoms with Crippen LogP contribution in [0.5, 0.6) is 0 Å². The first-order valence-corrected chi connectivity index (χ1v) is 11.7. The van der Waals surface area contributed by atoms with Crippen molar-refractivity contribution in [2.24, 2.45) is 5.92 Å². The van der Waals surface area contributed by atoms with Crippen LogP contribution in [0.4, 0.5) is 4.79 Å². The van der Waals surface area contributed by atoms with Gasteiger partial charge in [-0.1, -0.05) is 48.0 Å². The molecule has 0 bridgehead atoms. The molecule has 2 aromatic rings. The van der Waals surface area contributed by atoms with E-state index in [0.717, 1.165) is 11.1 Å². The second kappa shape index (κ2) is 8.61. The van der Waals surface area contributed by atoms with E-state index in [1.165, 1.54) is 9.21 Å². The van der Waals surface area contributed by atoms with Crippen LogP contribution in [0.25, 0.3) is 0 Å². The van der Waals surface area contributed by atoms with E-state index in [1.54, 1.807) is 45.0 Å². The Kier molecular flexibility index (Phi) is 6.45. The summed E-state index contributed by atoms with van der Waals surface area (Å²) in [5, 5.41) is 20.9. The molecule has 0 unspecified atom stereocenters. The Morgan fingerprint density at radius 3 is 2.16 bits per heavy atom. The van der Waals surface area contributed by atoms with Gasteiger partial charge in [0.25, 0.3) is 0 Å². The number of sulfonamides is 1. The fourth-order valence-electron chi connectivity index (χ4n) is 4.20. The number of hydrogen-bond acceptors (Lipinski definition) is 4. The first-order valence-electron chi connectivity index (χ1n) is 10.2. The summed E-state index contributed by atoms with van der Waals surface area (Å²) in [7, 11) is -3.81. The molecule has 3 atom stereocenters.